The van der Waals surface area contributed by atoms with Gasteiger partial charge in [0.25, 0.3) is 0 Å². The standard InChI is InChI=1S/C22H23ClN2O2S/c1-27-21-5-3-2-4-19(21)25-12-10-24(11-13-25)9-8-20(26)18-15-28-22-7-6-16(23)14-17(18)22/h2-7,14-15H,8-13H2,1H3. The Morgan fingerprint density at radius 2 is 1.93 bits per heavy atom. The molecule has 0 amide bonds. The molecule has 0 atom stereocenters. The highest BCUT2D eigenvalue weighted by Crippen LogP contribution is 2.30. The molecule has 1 aliphatic rings. The molecule has 4 nitrogen and oxygen atoms in total. The van der Waals surface area contributed by atoms with Gasteiger partial charge in [0.1, 0.15) is 5.75 Å². The van der Waals surface area contributed by atoms with Crippen LogP contribution >= 0.6 is 22.9 Å². The molecule has 1 fully saturated rings. The van der Waals surface area contributed by atoms with Gasteiger partial charge in [0.2, 0.25) is 0 Å². The fourth-order valence-corrected chi connectivity index (χ4v) is 4.83. The summed E-state index contributed by atoms with van der Waals surface area (Å²) in [5, 5.41) is 3.61. The summed E-state index contributed by atoms with van der Waals surface area (Å²) in [4.78, 5) is 17.5. The Labute approximate surface area is 174 Å². The number of carbonyl (C=O) groups excluding carboxylic acids is 1. The number of carbonyl (C=O) groups is 1. The minimum atomic E-state index is 0.195. The maximum Gasteiger partial charge on any atom is 0.165 e. The van der Waals surface area contributed by atoms with Gasteiger partial charge in [-0.2, -0.15) is 0 Å². The molecule has 3 aromatic rings. The van der Waals surface area contributed by atoms with Crippen LogP contribution in [0.2, 0.25) is 5.02 Å². The van der Waals surface area contributed by atoms with Gasteiger partial charge in [-0.05, 0) is 30.3 Å². The predicted molar refractivity (Wildman–Crippen MR) is 117 cm³/mol. The summed E-state index contributed by atoms with van der Waals surface area (Å²) in [6.07, 6.45) is 0.535. The largest absolute Gasteiger partial charge is 0.495 e. The van der Waals surface area contributed by atoms with Gasteiger partial charge in [0, 0.05) is 65.2 Å². The van der Waals surface area contributed by atoms with Crippen LogP contribution in [0.1, 0.15) is 16.8 Å². The van der Waals surface area contributed by atoms with Gasteiger partial charge < -0.3 is 9.64 Å². The smallest absolute Gasteiger partial charge is 0.165 e. The molecule has 0 aliphatic carbocycles. The second-order valence-electron chi connectivity index (χ2n) is 6.96. The van der Waals surface area contributed by atoms with Crippen molar-refractivity contribution in [3.63, 3.8) is 0 Å². The van der Waals surface area contributed by atoms with Crippen molar-refractivity contribution in [2.24, 2.45) is 0 Å². The molecule has 0 radical (unpaired) electrons. The quantitative estimate of drug-likeness (QED) is 0.534. The highest BCUT2D eigenvalue weighted by atomic mass is 35.5. The molecule has 0 spiro atoms. The molecule has 6 heteroatoms. The lowest BCUT2D eigenvalue weighted by atomic mass is 10.1. The summed E-state index contributed by atoms with van der Waals surface area (Å²) in [6, 6.07) is 13.9. The van der Waals surface area contributed by atoms with Crippen LogP contribution in [-0.4, -0.2) is 50.5 Å². The van der Waals surface area contributed by atoms with E-state index in [0.717, 1.165) is 59.8 Å². The number of hydrogen-bond acceptors (Lipinski definition) is 5. The van der Waals surface area contributed by atoms with Crippen molar-refractivity contribution in [3.05, 3.63) is 58.4 Å². The number of nitrogens with zero attached hydrogens (tertiary/aromatic N) is 2. The second kappa shape index (κ2) is 8.52. The van der Waals surface area contributed by atoms with Crippen LogP contribution in [-0.2, 0) is 0 Å². The van der Waals surface area contributed by atoms with Crippen molar-refractivity contribution >= 4 is 44.5 Å². The van der Waals surface area contributed by atoms with Crippen LogP contribution < -0.4 is 9.64 Å². The Kier molecular flexibility index (Phi) is 5.85. The zero-order chi connectivity index (χ0) is 19.5. The van der Waals surface area contributed by atoms with E-state index in [-0.39, 0.29) is 5.78 Å². The summed E-state index contributed by atoms with van der Waals surface area (Å²) in [7, 11) is 1.71. The van der Waals surface area contributed by atoms with Gasteiger partial charge in [0.15, 0.2) is 5.78 Å². The molecule has 4 rings (SSSR count). The molecule has 0 saturated carbocycles. The molecular weight excluding hydrogens is 392 g/mol. The summed E-state index contributed by atoms with van der Waals surface area (Å²) >= 11 is 7.71. The molecule has 2 heterocycles. The number of piperazine rings is 1. The van der Waals surface area contributed by atoms with E-state index in [4.69, 9.17) is 16.3 Å². The number of anilines is 1. The number of thiophene rings is 1. The van der Waals surface area contributed by atoms with E-state index in [2.05, 4.69) is 15.9 Å². The van der Waals surface area contributed by atoms with E-state index >= 15 is 0 Å². The lowest BCUT2D eigenvalue weighted by Gasteiger charge is -2.36. The fraction of sp³-hybridized carbons (Fsp3) is 0.318. The number of methoxy groups -OCH3 is 1. The molecule has 1 aromatic heterocycles. The van der Waals surface area contributed by atoms with E-state index in [0.29, 0.717) is 11.4 Å². The van der Waals surface area contributed by atoms with Gasteiger partial charge in [-0.3, -0.25) is 9.69 Å². The zero-order valence-electron chi connectivity index (χ0n) is 15.9. The van der Waals surface area contributed by atoms with E-state index in [1.165, 1.54) is 0 Å². The second-order valence-corrected chi connectivity index (χ2v) is 8.31. The Morgan fingerprint density at radius 3 is 2.71 bits per heavy atom. The maximum atomic E-state index is 12.8. The number of para-hydroxylation sites is 2. The van der Waals surface area contributed by atoms with E-state index in [9.17, 15) is 4.79 Å². The number of ketones is 1. The van der Waals surface area contributed by atoms with Crippen LogP contribution in [0.5, 0.6) is 5.75 Å². The van der Waals surface area contributed by atoms with E-state index in [1.807, 2.05) is 41.8 Å². The number of hydrogen-bond donors (Lipinski definition) is 0. The van der Waals surface area contributed by atoms with Gasteiger partial charge in [-0.25, -0.2) is 0 Å². The molecule has 0 unspecified atom stereocenters. The first-order valence-electron chi connectivity index (χ1n) is 9.46. The number of ether oxygens (including phenoxy) is 1. The summed E-state index contributed by atoms with van der Waals surface area (Å²) in [5.41, 5.74) is 1.94. The normalized spacial score (nSPS) is 15.1. The molecule has 0 bridgehead atoms. The highest BCUT2D eigenvalue weighted by Gasteiger charge is 2.21. The van der Waals surface area contributed by atoms with Gasteiger partial charge in [-0.1, -0.05) is 23.7 Å². The lowest BCUT2D eigenvalue weighted by Crippen LogP contribution is -2.47. The number of benzene rings is 2. The first kappa shape index (κ1) is 19.2. The molecule has 28 heavy (non-hydrogen) atoms. The Morgan fingerprint density at radius 1 is 1.14 bits per heavy atom. The van der Waals surface area contributed by atoms with Crippen molar-refractivity contribution in [1.29, 1.82) is 0 Å². The van der Waals surface area contributed by atoms with Crippen LogP contribution in [0.3, 0.4) is 0 Å². The topological polar surface area (TPSA) is 32.8 Å². The fourth-order valence-electron chi connectivity index (χ4n) is 3.72. The molecule has 0 N–H and O–H groups in total. The van der Waals surface area contributed by atoms with E-state index in [1.54, 1.807) is 18.4 Å². The number of fused-ring (bicyclic) bond motifs is 1. The predicted octanol–water partition coefficient (Wildman–Crippen LogP) is 4.96. The van der Waals surface area contributed by atoms with Crippen molar-refractivity contribution in [3.8, 4) is 5.75 Å². The Hall–Kier alpha value is -2.08. The van der Waals surface area contributed by atoms with E-state index < -0.39 is 0 Å². The molecule has 1 aliphatic heterocycles. The summed E-state index contributed by atoms with van der Waals surface area (Å²) in [6.45, 7) is 4.55. The first-order valence-corrected chi connectivity index (χ1v) is 10.7. The number of halogens is 1. The van der Waals surface area contributed by atoms with Crippen molar-refractivity contribution in [2.45, 2.75) is 6.42 Å². The highest BCUT2D eigenvalue weighted by molar-refractivity contribution is 7.17. The van der Waals surface area contributed by atoms with Crippen LogP contribution in [0.15, 0.2) is 47.8 Å². The molecule has 146 valence electrons. The van der Waals surface area contributed by atoms with Crippen molar-refractivity contribution < 1.29 is 9.53 Å². The van der Waals surface area contributed by atoms with Crippen molar-refractivity contribution in [1.82, 2.24) is 4.90 Å². The Bertz CT molecular complexity index is 980. The average molecular weight is 415 g/mol. The van der Waals surface area contributed by atoms with Crippen LogP contribution in [0.25, 0.3) is 10.1 Å². The maximum absolute atomic E-state index is 12.8. The number of rotatable bonds is 6. The van der Waals surface area contributed by atoms with Crippen LogP contribution in [0.4, 0.5) is 5.69 Å². The Balaban J connectivity index is 1.34. The van der Waals surface area contributed by atoms with Gasteiger partial charge in [0.05, 0.1) is 12.8 Å². The number of Topliss-reactive ketones (excluding diaryl/α,β-unsaturated/α-hetero) is 1. The minimum Gasteiger partial charge on any atom is -0.495 e. The van der Waals surface area contributed by atoms with Gasteiger partial charge in [-0.15, -0.1) is 11.3 Å². The lowest BCUT2D eigenvalue weighted by molar-refractivity contribution is 0.0964. The van der Waals surface area contributed by atoms with Crippen molar-refractivity contribution in [2.75, 3.05) is 44.7 Å². The minimum absolute atomic E-state index is 0.195. The molecular formula is C22H23ClN2O2S. The zero-order valence-corrected chi connectivity index (χ0v) is 17.4. The summed E-state index contributed by atoms with van der Waals surface area (Å²) in [5.74, 6) is 1.11. The van der Waals surface area contributed by atoms with Crippen LogP contribution in [0, 0.1) is 0 Å². The molecule has 2 aromatic carbocycles. The average Bonchev–Trinajstić information content (AvgIpc) is 3.15. The third-order valence-electron chi connectivity index (χ3n) is 5.29. The first-order chi connectivity index (χ1) is 13.7. The third kappa shape index (κ3) is 4.02. The third-order valence-corrected chi connectivity index (χ3v) is 6.49. The monoisotopic (exact) mass is 414 g/mol. The molecule has 1 saturated heterocycles. The summed E-state index contributed by atoms with van der Waals surface area (Å²) < 4.78 is 6.59. The van der Waals surface area contributed by atoms with Gasteiger partial charge >= 0.3 is 0 Å². The SMILES string of the molecule is COc1ccccc1N1CCN(CCC(=O)c2csc3ccc(Cl)cc23)CC1.